The number of alkyl halides is 1. The van der Waals surface area contributed by atoms with Crippen molar-refractivity contribution >= 4 is 11.8 Å². The minimum Gasteiger partial charge on any atom is -0.497 e. The summed E-state index contributed by atoms with van der Waals surface area (Å²) >= 11 is 0. The van der Waals surface area contributed by atoms with E-state index in [9.17, 15) is 14.9 Å². The van der Waals surface area contributed by atoms with Gasteiger partial charge in [-0.05, 0) is 38.5 Å². The third kappa shape index (κ3) is 4.30. The molecular weight excluding hydrogens is 383 g/mol. The van der Waals surface area contributed by atoms with E-state index in [-0.39, 0.29) is 18.8 Å². The quantitative estimate of drug-likeness (QED) is 0.558. The number of hydrogen-bond acceptors (Lipinski definition) is 6. The summed E-state index contributed by atoms with van der Waals surface area (Å²) in [6.07, 6.45) is 1.64. The Kier molecular flexibility index (Phi) is 5.20. The molecule has 0 radical (unpaired) electrons. The molecule has 1 aliphatic rings. The molecule has 1 aromatic carbocycles. The normalized spacial score (nSPS) is 16.7. The second-order valence-electron chi connectivity index (χ2n) is 7.99. The van der Waals surface area contributed by atoms with Gasteiger partial charge in [0.1, 0.15) is 29.8 Å². The summed E-state index contributed by atoms with van der Waals surface area (Å²) in [5.74, 6) is 0.515. The lowest BCUT2D eigenvalue weighted by Gasteiger charge is -2.48. The van der Waals surface area contributed by atoms with E-state index in [1.54, 1.807) is 45.0 Å². The standard InChI is InChI=1S/C19H23FN4O5/c1-18(2,3)29-17(25)22-11-19(20,12-22)16(13-6-5-7-15(8-13)28-4)23-10-14(9-21-23)24(26)27/h5-10,16H,11-12H2,1-4H3. The van der Waals surface area contributed by atoms with Gasteiger partial charge >= 0.3 is 11.8 Å². The Bertz CT molecular complexity index is 917. The largest absolute Gasteiger partial charge is 0.497 e. The highest BCUT2D eigenvalue weighted by Gasteiger charge is 2.54. The van der Waals surface area contributed by atoms with E-state index in [1.807, 2.05) is 0 Å². The molecule has 0 spiro atoms. The maximum Gasteiger partial charge on any atom is 0.410 e. The van der Waals surface area contributed by atoms with Gasteiger partial charge in [-0.3, -0.25) is 14.8 Å². The smallest absolute Gasteiger partial charge is 0.410 e. The van der Waals surface area contributed by atoms with Gasteiger partial charge in [0.25, 0.3) is 0 Å². The molecule has 10 heteroatoms. The molecule has 2 heterocycles. The summed E-state index contributed by atoms with van der Waals surface area (Å²) in [6, 6.07) is 5.77. The summed E-state index contributed by atoms with van der Waals surface area (Å²) < 4.78 is 27.6. The Morgan fingerprint density at radius 1 is 1.38 bits per heavy atom. The molecule has 0 aliphatic carbocycles. The molecule has 29 heavy (non-hydrogen) atoms. The number of halogens is 1. The van der Waals surface area contributed by atoms with Crippen LogP contribution >= 0.6 is 0 Å². The highest BCUT2D eigenvalue weighted by Crippen LogP contribution is 2.42. The molecule has 1 saturated heterocycles. The predicted octanol–water partition coefficient (Wildman–Crippen LogP) is 3.35. The molecule has 3 rings (SSSR count). The molecule has 1 aromatic heterocycles. The van der Waals surface area contributed by atoms with Crippen molar-refractivity contribution < 1.29 is 23.6 Å². The van der Waals surface area contributed by atoms with E-state index in [0.29, 0.717) is 11.3 Å². The van der Waals surface area contributed by atoms with Crippen molar-refractivity contribution in [3.05, 3.63) is 52.3 Å². The monoisotopic (exact) mass is 406 g/mol. The lowest BCUT2D eigenvalue weighted by molar-refractivity contribution is -0.385. The molecule has 1 fully saturated rings. The molecule has 1 unspecified atom stereocenters. The minimum absolute atomic E-state index is 0.225. The van der Waals surface area contributed by atoms with Crippen LogP contribution in [0.4, 0.5) is 14.9 Å². The van der Waals surface area contributed by atoms with E-state index in [0.717, 1.165) is 6.20 Å². The fraction of sp³-hybridized carbons (Fsp3) is 0.474. The van der Waals surface area contributed by atoms with Gasteiger partial charge < -0.3 is 14.4 Å². The van der Waals surface area contributed by atoms with Crippen LogP contribution in [0.15, 0.2) is 36.7 Å². The third-order valence-corrected chi connectivity index (χ3v) is 4.52. The van der Waals surface area contributed by atoms with Gasteiger partial charge in [-0.2, -0.15) is 5.10 Å². The number of carbonyl (C=O) groups excluding carboxylic acids is 1. The van der Waals surface area contributed by atoms with E-state index >= 15 is 4.39 Å². The van der Waals surface area contributed by atoms with Crippen LogP contribution in [0.25, 0.3) is 0 Å². The SMILES string of the molecule is COc1cccc(C(n2cc([N+](=O)[O-])cn2)C2(F)CN(C(=O)OC(C)(C)C)C2)c1. The van der Waals surface area contributed by atoms with Crippen molar-refractivity contribution in [1.82, 2.24) is 14.7 Å². The first-order chi connectivity index (χ1) is 13.5. The maximum atomic E-state index is 15.9. The Labute approximate surface area is 167 Å². The fourth-order valence-electron chi connectivity index (χ4n) is 3.28. The molecule has 1 amide bonds. The van der Waals surface area contributed by atoms with Crippen molar-refractivity contribution in [2.45, 2.75) is 38.1 Å². The second kappa shape index (κ2) is 7.34. The molecule has 1 atom stereocenters. The minimum atomic E-state index is -1.89. The van der Waals surface area contributed by atoms with Crippen molar-refractivity contribution in [3.8, 4) is 5.75 Å². The lowest BCUT2D eigenvalue weighted by atomic mass is 9.84. The van der Waals surface area contributed by atoms with Crippen LogP contribution in [0.1, 0.15) is 32.4 Å². The molecule has 2 aromatic rings. The Morgan fingerprint density at radius 2 is 2.07 bits per heavy atom. The molecule has 0 N–H and O–H groups in total. The summed E-state index contributed by atoms with van der Waals surface area (Å²) in [4.78, 5) is 23.9. The Balaban J connectivity index is 1.91. The van der Waals surface area contributed by atoms with Gasteiger partial charge in [0, 0.05) is 0 Å². The van der Waals surface area contributed by atoms with E-state index in [2.05, 4.69) is 5.10 Å². The number of amides is 1. The van der Waals surface area contributed by atoms with Gasteiger partial charge in [-0.1, -0.05) is 12.1 Å². The number of rotatable bonds is 5. The molecule has 0 bridgehead atoms. The maximum absolute atomic E-state index is 15.9. The Hall–Kier alpha value is -3.17. The second-order valence-corrected chi connectivity index (χ2v) is 7.99. The summed E-state index contributed by atoms with van der Waals surface area (Å²) in [7, 11) is 1.49. The zero-order valence-corrected chi connectivity index (χ0v) is 16.7. The van der Waals surface area contributed by atoms with Gasteiger partial charge in [-0.15, -0.1) is 0 Å². The zero-order valence-electron chi connectivity index (χ0n) is 16.7. The number of nitrogens with zero attached hydrogens (tertiary/aromatic N) is 4. The van der Waals surface area contributed by atoms with E-state index < -0.39 is 28.3 Å². The summed E-state index contributed by atoms with van der Waals surface area (Å²) in [5.41, 5.74) is -2.30. The van der Waals surface area contributed by atoms with Crippen molar-refractivity contribution in [2.75, 3.05) is 20.2 Å². The number of benzene rings is 1. The van der Waals surface area contributed by atoms with Crippen LogP contribution in [0.3, 0.4) is 0 Å². The number of methoxy groups -OCH3 is 1. The zero-order chi connectivity index (χ0) is 21.4. The van der Waals surface area contributed by atoms with Crippen molar-refractivity contribution in [2.24, 2.45) is 0 Å². The van der Waals surface area contributed by atoms with Crippen LogP contribution < -0.4 is 4.74 Å². The number of hydrogen-bond donors (Lipinski definition) is 0. The van der Waals surface area contributed by atoms with Crippen LogP contribution in [0, 0.1) is 10.1 Å². The van der Waals surface area contributed by atoms with Gasteiger partial charge in [-0.25, -0.2) is 9.18 Å². The number of ether oxygens (including phenoxy) is 2. The first-order valence-corrected chi connectivity index (χ1v) is 9.02. The first-order valence-electron chi connectivity index (χ1n) is 9.02. The van der Waals surface area contributed by atoms with Gasteiger partial charge in [0.05, 0.1) is 25.1 Å². The van der Waals surface area contributed by atoms with Crippen molar-refractivity contribution in [1.29, 1.82) is 0 Å². The summed E-state index contributed by atoms with van der Waals surface area (Å²) in [5, 5.41) is 15.1. The molecule has 9 nitrogen and oxygen atoms in total. The topological polar surface area (TPSA) is 99.7 Å². The average molecular weight is 406 g/mol. The summed E-state index contributed by atoms with van der Waals surface area (Å²) in [6.45, 7) is 4.74. The van der Waals surface area contributed by atoms with Crippen LogP contribution in [0.5, 0.6) is 5.75 Å². The average Bonchev–Trinajstić information content (AvgIpc) is 3.08. The number of carbonyl (C=O) groups is 1. The highest BCUT2D eigenvalue weighted by atomic mass is 19.1. The molecular formula is C19H23FN4O5. The third-order valence-electron chi connectivity index (χ3n) is 4.52. The van der Waals surface area contributed by atoms with Gasteiger partial charge in [0.15, 0.2) is 5.67 Å². The Morgan fingerprint density at radius 3 is 2.62 bits per heavy atom. The lowest BCUT2D eigenvalue weighted by Crippen LogP contribution is -2.65. The number of likely N-dealkylation sites (tertiary alicyclic amines) is 1. The first kappa shape index (κ1) is 20.6. The highest BCUT2D eigenvalue weighted by molar-refractivity contribution is 5.70. The number of nitro groups is 1. The van der Waals surface area contributed by atoms with Crippen LogP contribution in [-0.4, -0.2) is 57.2 Å². The molecule has 156 valence electrons. The molecule has 0 saturated carbocycles. The van der Waals surface area contributed by atoms with Crippen molar-refractivity contribution in [3.63, 3.8) is 0 Å². The van der Waals surface area contributed by atoms with E-state index in [1.165, 1.54) is 22.9 Å². The number of aromatic nitrogens is 2. The fourth-order valence-corrected chi connectivity index (χ4v) is 3.28. The van der Waals surface area contributed by atoms with Crippen LogP contribution in [0.2, 0.25) is 0 Å². The van der Waals surface area contributed by atoms with Gasteiger partial charge in [0.2, 0.25) is 0 Å². The van der Waals surface area contributed by atoms with Crippen LogP contribution in [-0.2, 0) is 4.74 Å². The predicted molar refractivity (Wildman–Crippen MR) is 102 cm³/mol. The van der Waals surface area contributed by atoms with E-state index in [4.69, 9.17) is 9.47 Å². The molecule has 1 aliphatic heterocycles.